The fourth-order valence-electron chi connectivity index (χ4n) is 2.31. The number of carbonyl (C=O) groups excluding carboxylic acids is 1. The molecule has 9 heteroatoms. The molecule has 0 aliphatic carbocycles. The number of nitrogens with one attached hydrogen (secondary N) is 1. The van der Waals surface area contributed by atoms with Gasteiger partial charge in [-0.15, -0.1) is 0 Å². The maximum Gasteiger partial charge on any atom is 0.245 e. The Morgan fingerprint density at radius 2 is 1.88 bits per heavy atom. The first-order valence-corrected chi connectivity index (χ1v) is 10.1. The zero-order valence-electron chi connectivity index (χ0n) is 14.4. The molecule has 2 rings (SSSR count). The minimum absolute atomic E-state index is 0.330. The first kappa shape index (κ1) is 20.4. The molecule has 2 aromatic carbocycles. The summed E-state index contributed by atoms with van der Waals surface area (Å²) < 4.78 is 30.4. The number of rotatable bonds is 6. The fourth-order valence-corrected chi connectivity index (χ4v) is 3.64. The van der Waals surface area contributed by atoms with Gasteiger partial charge in [-0.05, 0) is 42.8 Å². The van der Waals surface area contributed by atoms with E-state index in [0.717, 1.165) is 10.6 Å². The second kappa shape index (κ2) is 8.16. The molecule has 26 heavy (non-hydrogen) atoms. The van der Waals surface area contributed by atoms with Crippen molar-refractivity contribution in [3.05, 3.63) is 52.0 Å². The fraction of sp³-hybridized carbons (Fsp3) is 0.235. The lowest BCUT2D eigenvalue weighted by atomic mass is 10.2. The van der Waals surface area contributed by atoms with E-state index < -0.39 is 22.5 Å². The minimum atomic E-state index is -3.70. The Morgan fingerprint density at radius 1 is 1.19 bits per heavy atom. The van der Waals surface area contributed by atoms with E-state index >= 15 is 0 Å². The third-order valence-corrected chi connectivity index (χ3v) is 5.22. The van der Waals surface area contributed by atoms with Gasteiger partial charge in [-0.1, -0.05) is 29.3 Å². The van der Waals surface area contributed by atoms with Crippen LogP contribution in [0.3, 0.4) is 0 Å². The Kier molecular flexibility index (Phi) is 6.39. The number of hydrogen-bond acceptors (Lipinski definition) is 4. The molecule has 0 aliphatic rings. The van der Waals surface area contributed by atoms with Crippen LogP contribution in [0.25, 0.3) is 0 Å². The highest BCUT2D eigenvalue weighted by molar-refractivity contribution is 7.92. The maximum absolute atomic E-state index is 12.4. The van der Waals surface area contributed by atoms with E-state index in [1.54, 1.807) is 31.2 Å². The molecule has 1 N–H and O–H groups in total. The summed E-state index contributed by atoms with van der Waals surface area (Å²) in [6, 6.07) is 9.59. The second-order valence-corrected chi connectivity index (χ2v) is 8.35. The molecule has 0 saturated carbocycles. The van der Waals surface area contributed by atoms with Gasteiger partial charge >= 0.3 is 0 Å². The second-order valence-electron chi connectivity index (χ2n) is 5.60. The van der Waals surface area contributed by atoms with Crippen LogP contribution in [0, 0.1) is 6.92 Å². The van der Waals surface area contributed by atoms with Gasteiger partial charge in [0.25, 0.3) is 0 Å². The molecule has 0 heterocycles. The number of sulfonamides is 1. The van der Waals surface area contributed by atoms with Crippen molar-refractivity contribution in [2.24, 2.45) is 0 Å². The van der Waals surface area contributed by atoms with Crippen molar-refractivity contribution in [3.63, 3.8) is 0 Å². The lowest BCUT2D eigenvalue weighted by Crippen LogP contribution is -2.37. The highest BCUT2D eigenvalue weighted by atomic mass is 35.5. The standard InChI is InChI=1S/C17H18Cl2N2O4S/c1-11-4-5-12(18)8-15(11)21(26(3,23)24)10-17(22)20-13-6-7-16(25-2)14(19)9-13/h4-9H,10H2,1-3H3,(H,20,22). The normalized spacial score (nSPS) is 11.1. The molecule has 2 aromatic rings. The van der Waals surface area contributed by atoms with Gasteiger partial charge in [0, 0.05) is 10.7 Å². The molecule has 0 radical (unpaired) electrons. The maximum atomic E-state index is 12.4. The van der Waals surface area contributed by atoms with Crippen LogP contribution in [-0.2, 0) is 14.8 Å². The van der Waals surface area contributed by atoms with Gasteiger partial charge < -0.3 is 10.1 Å². The minimum Gasteiger partial charge on any atom is -0.495 e. The number of amides is 1. The van der Waals surface area contributed by atoms with E-state index in [0.29, 0.717) is 32.7 Å². The first-order chi connectivity index (χ1) is 12.1. The van der Waals surface area contributed by atoms with Crippen LogP contribution in [0.2, 0.25) is 10.0 Å². The monoisotopic (exact) mass is 416 g/mol. The van der Waals surface area contributed by atoms with Crippen LogP contribution in [0.4, 0.5) is 11.4 Å². The van der Waals surface area contributed by atoms with Crippen molar-refractivity contribution in [3.8, 4) is 5.75 Å². The van der Waals surface area contributed by atoms with E-state index in [2.05, 4.69) is 5.32 Å². The summed E-state index contributed by atoms with van der Waals surface area (Å²) in [5.41, 5.74) is 1.46. The lowest BCUT2D eigenvalue weighted by molar-refractivity contribution is -0.114. The number of hydrogen-bond donors (Lipinski definition) is 1. The first-order valence-electron chi connectivity index (χ1n) is 7.49. The molecule has 1 amide bonds. The van der Waals surface area contributed by atoms with Crippen LogP contribution in [-0.4, -0.2) is 34.2 Å². The number of nitrogens with zero attached hydrogens (tertiary/aromatic N) is 1. The number of benzene rings is 2. The topological polar surface area (TPSA) is 75.7 Å². The molecular weight excluding hydrogens is 399 g/mol. The lowest BCUT2D eigenvalue weighted by Gasteiger charge is -2.24. The molecular formula is C17H18Cl2N2O4S. The predicted octanol–water partition coefficient (Wildman–Crippen LogP) is 3.72. The Labute approximate surface area is 162 Å². The van der Waals surface area contributed by atoms with E-state index in [1.165, 1.54) is 19.2 Å². The van der Waals surface area contributed by atoms with Crippen molar-refractivity contribution in [1.82, 2.24) is 0 Å². The Hall–Kier alpha value is -1.96. The smallest absolute Gasteiger partial charge is 0.245 e. The summed E-state index contributed by atoms with van der Waals surface area (Å²) in [7, 11) is -2.21. The average Bonchev–Trinajstić information content (AvgIpc) is 2.54. The SMILES string of the molecule is COc1ccc(NC(=O)CN(c2cc(Cl)ccc2C)S(C)(=O)=O)cc1Cl. The zero-order valence-corrected chi connectivity index (χ0v) is 16.7. The summed E-state index contributed by atoms with van der Waals surface area (Å²) in [5.74, 6) is -0.0481. The highest BCUT2D eigenvalue weighted by Crippen LogP contribution is 2.28. The molecule has 0 atom stereocenters. The van der Waals surface area contributed by atoms with Crippen molar-refractivity contribution in [2.75, 3.05) is 29.5 Å². The third kappa shape index (κ3) is 5.03. The van der Waals surface area contributed by atoms with Gasteiger partial charge in [0.15, 0.2) is 0 Å². The number of aryl methyl sites for hydroxylation is 1. The van der Waals surface area contributed by atoms with Crippen molar-refractivity contribution in [2.45, 2.75) is 6.92 Å². The zero-order chi connectivity index (χ0) is 19.5. The van der Waals surface area contributed by atoms with Gasteiger partial charge in [-0.2, -0.15) is 0 Å². The van der Waals surface area contributed by atoms with Crippen LogP contribution < -0.4 is 14.4 Å². The molecule has 0 spiro atoms. The van der Waals surface area contributed by atoms with Crippen molar-refractivity contribution in [1.29, 1.82) is 0 Å². The van der Waals surface area contributed by atoms with Crippen molar-refractivity contribution < 1.29 is 17.9 Å². The largest absolute Gasteiger partial charge is 0.495 e. The van der Waals surface area contributed by atoms with Gasteiger partial charge in [0.05, 0.1) is 24.1 Å². The summed E-state index contributed by atoms with van der Waals surface area (Å²) in [6.45, 7) is 1.34. The van der Waals surface area contributed by atoms with Gasteiger partial charge in [0.2, 0.25) is 15.9 Å². The molecule has 0 bridgehead atoms. The third-order valence-electron chi connectivity index (χ3n) is 3.56. The number of methoxy groups -OCH3 is 1. The molecule has 0 saturated heterocycles. The predicted molar refractivity (Wildman–Crippen MR) is 105 cm³/mol. The highest BCUT2D eigenvalue weighted by Gasteiger charge is 2.23. The molecule has 0 aromatic heterocycles. The van der Waals surface area contributed by atoms with Crippen LogP contribution in [0.5, 0.6) is 5.75 Å². The Bertz CT molecular complexity index is 932. The number of carbonyl (C=O) groups is 1. The van der Waals surface area contributed by atoms with E-state index in [1.807, 2.05) is 0 Å². The average molecular weight is 417 g/mol. The van der Waals surface area contributed by atoms with Crippen molar-refractivity contribution >= 4 is 50.5 Å². The van der Waals surface area contributed by atoms with Crippen LogP contribution in [0.15, 0.2) is 36.4 Å². The van der Waals surface area contributed by atoms with Crippen LogP contribution in [0.1, 0.15) is 5.56 Å². The number of ether oxygens (including phenoxy) is 1. The Balaban J connectivity index is 2.25. The van der Waals surface area contributed by atoms with Gasteiger partial charge in [-0.3, -0.25) is 9.10 Å². The Morgan fingerprint density at radius 3 is 2.46 bits per heavy atom. The summed E-state index contributed by atoms with van der Waals surface area (Å²) >= 11 is 12.0. The van der Waals surface area contributed by atoms with Gasteiger partial charge in [0.1, 0.15) is 12.3 Å². The van der Waals surface area contributed by atoms with Crippen LogP contribution >= 0.6 is 23.2 Å². The molecule has 0 fully saturated rings. The molecule has 0 aliphatic heterocycles. The van der Waals surface area contributed by atoms with E-state index in [-0.39, 0.29) is 0 Å². The molecule has 6 nitrogen and oxygen atoms in total. The molecule has 0 unspecified atom stereocenters. The summed E-state index contributed by atoms with van der Waals surface area (Å²) in [6.07, 6.45) is 1.03. The number of halogens is 2. The molecule has 140 valence electrons. The summed E-state index contributed by atoms with van der Waals surface area (Å²) in [4.78, 5) is 12.4. The summed E-state index contributed by atoms with van der Waals surface area (Å²) in [5, 5.41) is 3.33. The van der Waals surface area contributed by atoms with E-state index in [9.17, 15) is 13.2 Å². The quantitative estimate of drug-likeness (QED) is 0.778. The van der Waals surface area contributed by atoms with E-state index in [4.69, 9.17) is 27.9 Å². The number of anilines is 2. The van der Waals surface area contributed by atoms with Gasteiger partial charge in [-0.25, -0.2) is 8.42 Å².